The molecular weight excluding hydrogens is 482 g/mol. The van der Waals surface area contributed by atoms with Gasteiger partial charge in [-0.3, -0.25) is 0 Å². The highest BCUT2D eigenvalue weighted by Crippen LogP contribution is 2.26. The first-order chi connectivity index (χ1) is 13.7. The van der Waals surface area contributed by atoms with E-state index >= 15 is 0 Å². The van der Waals surface area contributed by atoms with E-state index in [9.17, 15) is 4.39 Å². The fourth-order valence-corrected chi connectivity index (χ4v) is 4.28. The van der Waals surface area contributed by atoms with E-state index in [0.717, 1.165) is 37.0 Å². The molecule has 1 saturated carbocycles. The van der Waals surface area contributed by atoms with Crippen molar-refractivity contribution < 1.29 is 9.13 Å². The molecule has 1 aromatic rings. The quantitative estimate of drug-likeness (QED) is 0.321. The Hall–Kier alpha value is -1.09. The van der Waals surface area contributed by atoms with Gasteiger partial charge in [-0.25, -0.2) is 9.38 Å². The summed E-state index contributed by atoms with van der Waals surface area (Å²) < 4.78 is 19.3. The summed E-state index contributed by atoms with van der Waals surface area (Å²) in [5.74, 6) is 0.789. The molecule has 164 valence electrons. The van der Waals surface area contributed by atoms with E-state index in [4.69, 9.17) is 4.74 Å². The standard InChI is InChI=1S/C22H35FN4O.HI/c1-3-24-22(25-16-17-9-10-21(28-4-2)20(23)15-17)26-18-11-13-27(14-12-18)19-7-5-6-8-19;/h9-10,15,18-19H,3-8,11-14,16H2,1-2H3,(H2,24,25,26);1H. The lowest BCUT2D eigenvalue weighted by Gasteiger charge is -2.36. The smallest absolute Gasteiger partial charge is 0.191 e. The minimum Gasteiger partial charge on any atom is -0.491 e. The van der Waals surface area contributed by atoms with Crippen LogP contribution in [0.15, 0.2) is 23.2 Å². The fourth-order valence-electron chi connectivity index (χ4n) is 4.28. The molecule has 1 saturated heterocycles. The van der Waals surface area contributed by atoms with E-state index < -0.39 is 0 Å². The summed E-state index contributed by atoms with van der Waals surface area (Å²) in [7, 11) is 0. The molecule has 0 amide bonds. The van der Waals surface area contributed by atoms with E-state index in [-0.39, 0.29) is 29.8 Å². The summed E-state index contributed by atoms with van der Waals surface area (Å²) in [6.45, 7) is 7.98. The molecule has 1 aliphatic carbocycles. The van der Waals surface area contributed by atoms with Crippen molar-refractivity contribution in [3.63, 3.8) is 0 Å². The van der Waals surface area contributed by atoms with Crippen molar-refractivity contribution in [2.24, 2.45) is 4.99 Å². The molecule has 0 bridgehead atoms. The third kappa shape index (κ3) is 7.27. The number of benzene rings is 1. The third-order valence-corrected chi connectivity index (χ3v) is 5.77. The van der Waals surface area contributed by atoms with Crippen molar-refractivity contribution in [2.45, 2.75) is 71.0 Å². The number of hydrogen-bond acceptors (Lipinski definition) is 3. The van der Waals surface area contributed by atoms with Gasteiger partial charge in [0.25, 0.3) is 0 Å². The van der Waals surface area contributed by atoms with Crippen molar-refractivity contribution in [1.29, 1.82) is 0 Å². The molecule has 0 aromatic heterocycles. The zero-order valence-corrected chi connectivity index (χ0v) is 20.1. The number of likely N-dealkylation sites (tertiary alicyclic amines) is 1. The molecule has 0 radical (unpaired) electrons. The Bertz CT molecular complexity index is 644. The average Bonchev–Trinajstić information content (AvgIpc) is 3.24. The van der Waals surface area contributed by atoms with Crippen LogP contribution < -0.4 is 15.4 Å². The van der Waals surface area contributed by atoms with Gasteiger partial charge in [0.15, 0.2) is 17.5 Å². The predicted molar refractivity (Wildman–Crippen MR) is 128 cm³/mol. The molecule has 3 rings (SSSR count). The Kier molecular flexibility index (Phi) is 10.5. The molecule has 7 heteroatoms. The lowest BCUT2D eigenvalue weighted by Crippen LogP contribution is -2.50. The van der Waals surface area contributed by atoms with Gasteiger partial charge in [-0.15, -0.1) is 24.0 Å². The second-order valence-corrected chi connectivity index (χ2v) is 7.79. The summed E-state index contributed by atoms with van der Waals surface area (Å²) in [4.78, 5) is 7.34. The number of nitrogens with one attached hydrogen (secondary N) is 2. The normalized spacial score (nSPS) is 19.1. The first-order valence-corrected chi connectivity index (χ1v) is 10.9. The van der Waals surface area contributed by atoms with E-state index in [1.54, 1.807) is 6.07 Å². The Labute approximate surface area is 191 Å². The highest BCUT2D eigenvalue weighted by molar-refractivity contribution is 14.0. The summed E-state index contributed by atoms with van der Waals surface area (Å²) in [6.07, 6.45) is 7.84. The van der Waals surface area contributed by atoms with Crippen molar-refractivity contribution in [1.82, 2.24) is 15.5 Å². The van der Waals surface area contributed by atoms with Crippen molar-refractivity contribution >= 4 is 29.9 Å². The van der Waals surface area contributed by atoms with Crippen molar-refractivity contribution in [3.05, 3.63) is 29.6 Å². The van der Waals surface area contributed by atoms with Crippen LogP contribution in [0.4, 0.5) is 4.39 Å². The number of ether oxygens (including phenoxy) is 1. The zero-order valence-electron chi connectivity index (χ0n) is 17.8. The minimum absolute atomic E-state index is 0. The first-order valence-electron chi connectivity index (χ1n) is 10.9. The molecule has 0 spiro atoms. The topological polar surface area (TPSA) is 48.9 Å². The van der Waals surface area contributed by atoms with Crippen molar-refractivity contribution in [2.75, 3.05) is 26.2 Å². The molecule has 1 aromatic carbocycles. The van der Waals surface area contributed by atoms with Gasteiger partial charge in [0.05, 0.1) is 13.2 Å². The van der Waals surface area contributed by atoms with Crippen LogP contribution in [0.25, 0.3) is 0 Å². The van der Waals surface area contributed by atoms with Gasteiger partial charge in [0.2, 0.25) is 0 Å². The van der Waals surface area contributed by atoms with E-state index in [2.05, 4.69) is 27.4 Å². The molecule has 0 atom stereocenters. The second kappa shape index (κ2) is 12.6. The molecule has 2 fully saturated rings. The molecular formula is C22H36FIN4O. The van der Waals surface area contributed by atoms with Crippen LogP contribution >= 0.6 is 24.0 Å². The van der Waals surface area contributed by atoms with Gasteiger partial charge >= 0.3 is 0 Å². The highest BCUT2D eigenvalue weighted by Gasteiger charge is 2.27. The monoisotopic (exact) mass is 518 g/mol. The lowest BCUT2D eigenvalue weighted by molar-refractivity contribution is 0.150. The van der Waals surface area contributed by atoms with Crippen LogP contribution in [0.5, 0.6) is 5.75 Å². The molecule has 2 N–H and O–H groups in total. The summed E-state index contributed by atoms with van der Waals surface area (Å²) in [6, 6.07) is 6.34. The summed E-state index contributed by atoms with van der Waals surface area (Å²) >= 11 is 0. The van der Waals surface area contributed by atoms with Gasteiger partial charge in [0.1, 0.15) is 0 Å². The number of piperidine rings is 1. The SMILES string of the molecule is CCNC(=NCc1ccc(OCC)c(F)c1)NC1CCN(C2CCCC2)CC1.I. The van der Waals surface area contributed by atoms with Crippen LogP contribution in [0.1, 0.15) is 57.9 Å². The van der Waals surface area contributed by atoms with Crippen LogP contribution in [-0.4, -0.2) is 49.2 Å². The van der Waals surface area contributed by atoms with Crippen LogP contribution in [0.3, 0.4) is 0 Å². The fraction of sp³-hybridized carbons (Fsp3) is 0.682. The van der Waals surface area contributed by atoms with E-state index in [0.29, 0.717) is 24.9 Å². The largest absolute Gasteiger partial charge is 0.491 e. The van der Waals surface area contributed by atoms with Gasteiger partial charge in [-0.1, -0.05) is 18.9 Å². The average molecular weight is 518 g/mol. The Morgan fingerprint density at radius 1 is 1.17 bits per heavy atom. The van der Waals surface area contributed by atoms with Crippen LogP contribution in [0, 0.1) is 5.82 Å². The lowest BCUT2D eigenvalue weighted by atomic mass is 10.0. The van der Waals surface area contributed by atoms with Gasteiger partial charge in [-0.2, -0.15) is 0 Å². The maximum atomic E-state index is 14.0. The Morgan fingerprint density at radius 3 is 2.52 bits per heavy atom. The minimum atomic E-state index is -0.327. The number of hydrogen-bond donors (Lipinski definition) is 2. The highest BCUT2D eigenvalue weighted by atomic mass is 127. The van der Waals surface area contributed by atoms with Gasteiger partial charge in [-0.05, 0) is 57.2 Å². The van der Waals surface area contributed by atoms with E-state index in [1.807, 2.05) is 13.0 Å². The van der Waals surface area contributed by atoms with Crippen LogP contribution in [0.2, 0.25) is 0 Å². The summed E-state index contributed by atoms with van der Waals surface area (Å²) in [5, 5.41) is 6.90. The van der Waals surface area contributed by atoms with E-state index in [1.165, 1.54) is 44.8 Å². The third-order valence-electron chi connectivity index (χ3n) is 5.77. The zero-order chi connectivity index (χ0) is 19.8. The first kappa shape index (κ1) is 24.2. The number of aliphatic imine (C=N–C) groups is 1. The second-order valence-electron chi connectivity index (χ2n) is 7.79. The molecule has 1 aliphatic heterocycles. The number of nitrogens with zero attached hydrogens (tertiary/aromatic N) is 2. The van der Waals surface area contributed by atoms with Gasteiger partial charge < -0.3 is 20.3 Å². The molecule has 5 nitrogen and oxygen atoms in total. The number of halogens is 2. The number of guanidine groups is 1. The molecule has 29 heavy (non-hydrogen) atoms. The Balaban J connectivity index is 0.00000300. The van der Waals surface area contributed by atoms with Gasteiger partial charge in [0, 0.05) is 31.7 Å². The number of rotatable bonds is 7. The van der Waals surface area contributed by atoms with Crippen LogP contribution in [-0.2, 0) is 6.54 Å². The molecule has 2 aliphatic rings. The summed E-state index contributed by atoms with van der Waals surface area (Å²) in [5.41, 5.74) is 0.842. The van der Waals surface area contributed by atoms with Crippen molar-refractivity contribution in [3.8, 4) is 5.75 Å². The molecule has 0 unspecified atom stereocenters. The molecule has 1 heterocycles. The maximum absolute atomic E-state index is 14.0. The predicted octanol–water partition coefficient (Wildman–Crippen LogP) is 4.30. The maximum Gasteiger partial charge on any atom is 0.191 e. The Morgan fingerprint density at radius 2 is 1.90 bits per heavy atom.